The lowest BCUT2D eigenvalue weighted by molar-refractivity contribution is 0.0933. The molecule has 1 aliphatic heterocycles. The van der Waals surface area contributed by atoms with Crippen molar-refractivity contribution in [3.63, 3.8) is 0 Å². The summed E-state index contributed by atoms with van der Waals surface area (Å²) in [4.78, 5) is 12.2. The second kappa shape index (κ2) is 8.44. The molecule has 2 atom stereocenters. The summed E-state index contributed by atoms with van der Waals surface area (Å²) in [6, 6.07) is 2.38. The number of aromatic nitrogens is 2. The van der Waals surface area contributed by atoms with Crippen molar-refractivity contribution in [3.8, 4) is 0 Å². The molecule has 2 unspecified atom stereocenters. The fourth-order valence-electron chi connectivity index (χ4n) is 2.50. The second-order valence-electron chi connectivity index (χ2n) is 5.54. The van der Waals surface area contributed by atoms with E-state index in [1.165, 1.54) is 0 Å². The van der Waals surface area contributed by atoms with Crippen molar-refractivity contribution < 1.29 is 4.79 Å². The van der Waals surface area contributed by atoms with Crippen molar-refractivity contribution in [3.05, 3.63) is 18.0 Å². The molecule has 2 rings (SSSR count). The van der Waals surface area contributed by atoms with Gasteiger partial charge in [0.1, 0.15) is 5.69 Å². The van der Waals surface area contributed by atoms with Crippen LogP contribution in [0.25, 0.3) is 0 Å². The first-order chi connectivity index (χ1) is 10.2. The molecule has 2 N–H and O–H groups in total. The molecular formula is C15H26N4OS. The zero-order chi connectivity index (χ0) is 15.1. The molecule has 0 spiro atoms. The summed E-state index contributed by atoms with van der Waals surface area (Å²) in [5.74, 6) is 2.15. The van der Waals surface area contributed by atoms with Crippen molar-refractivity contribution in [2.45, 2.75) is 45.2 Å². The molecule has 2 heterocycles. The van der Waals surface area contributed by atoms with E-state index in [9.17, 15) is 4.79 Å². The van der Waals surface area contributed by atoms with Gasteiger partial charge in [0.05, 0.1) is 6.04 Å². The van der Waals surface area contributed by atoms with E-state index in [1.807, 2.05) is 28.7 Å². The van der Waals surface area contributed by atoms with Crippen LogP contribution in [0.4, 0.5) is 0 Å². The fourth-order valence-corrected chi connectivity index (χ4v) is 3.30. The van der Waals surface area contributed by atoms with Gasteiger partial charge in [-0.05, 0) is 50.3 Å². The number of piperidine rings is 1. The molecule has 5 nitrogen and oxygen atoms in total. The average molecular weight is 310 g/mol. The molecule has 1 aromatic heterocycles. The van der Waals surface area contributed by atoms with Crippen LogP contribution in [-0.2, 0) is 0 Å². The van der Waals surface area contributed by atoms with Crippen LogP contribution in [0.1, 0.15) is 49.6 Å². The number of thioether (sulfide) groups is 1. The smallest absolute Gasteiger partial charge is 0.271 e. The number of rotatable bonds is 7. The second-order valence-corrected chi connectivity index (χ2v) is 6.94. The van der Waals surface area contributed by atoms with Gasteiger partial charge in [0, 0.05) is 18.8 Å². The number of hydrogen-bond donors (Lipinski definition) is 2. The maximum Gasteiger partial charge on any atom is 0.271 e. The van der Waals surface area contributed by atoms with E-state index in [1.54, 1.807) is 0 Å². The lowest BCUT2D eigenvalue weighted by Gasteiger charge is -2.22. The molecule has 0 aliphatic carbocycles. The van der Waals surface area contributed by atoms with Gasteiger partial charge in [0.2, 0.25) is 0 Å². The van der Waals surface area contributed by atoms with Crippen LogP contribution < -0.4 is 10.6 Å². The Hall–Kier alpha value is -1.01. The van der Waals surface area contributed by atoms with E-state index < -0.39 is 0 Å². The topological polar surface area (TPSA) is 59.0 Å². The fraction of sp³-hybridized carbons (Fsp3) is 0.733. The van der Waals surface area contributed by atoms with Crippen molar-refractivity contribution in [2.24, 2.45) is 0 Å². The van der Waals surface area contributed by atoms with Crippen LogP contribution in [0.5, 0.6) is 0 Å². The van der Waals surface area contributed by atoms with Gasteiger partial charge >= 0.3 is 0 Å². The molecule has 1 aliphatic rings. The zero-order valence-electron chi connectivity index (χ0n) is 13.0. The number of carbonyl (C=O) groups is 1. The van der Waals surface area contributed by atoms with Gasteiger partial charge in [-0.2, -0.15) is 16.9 Å². The Kier molecular flexibility index (Phi) is 6.57. The number of carbonyl (C=O) groups excluding carboxylic acids is 1. The molecular weight excluding hydrogens is 284 g/mol. The van der Waals surface area contributed by atoms with Crippen LogP contribution in [-0.4, -0.2) is 46.3 Å². The van der Waals surface area contributed by atoms with Crippen molar-refractivity contribution in [2.75, 3.05) is 24.6 Å². The maximum atomic E-state index is 12.2. The van der Waals surface area contributed by atoms with E-state index in [0.717, 1.165) is 43.9 Å². The van der Waals surface area contributed by atoms with Crippen molar-refractivity contribution in [1.29, 1.82) is 0 Å². The average Bonchev–Trinajstić information content (AvgIpc) is 2.98. The van der Waals surface area contributed by atoms with E-state index in [2.05, 4.69) is 29.6 Å². The summed E-state index contributed by atoms with van der Waals surface area (Å²) in [6.45, 7) is 6.22. The minimum Gasteiger partial charge on any atom is -0.348 e. The first kappa shape index (κ1) is 16.4. The summed E-state index contributed by atoms with van der Waals surface area (Å²) in [7, 11) is 0. The van der Waals surface area contributed by atoms with E-state index >= 15 is 0 Å². The van der Waals surface area contributed by atoms with E-state index in [4.69, 9.17) is 0 Å². The minimum atomic E-state index is -0.0634. The molecule has 1 aromatic rings. The summed E-state index contributed by atoms with van der Waals surface area (Å²) < 4.78 is 1.93. The number of nitrogens with zero attached hydrogens (tertiary/aromatic N) is 2. The van der Waals surface area contributed by atoms with Crippen LogP contribution in [0, 0.1) is 0 Å². The third-order valence-electron chi connectivity index (χ3n) is 3.76. The molecule has 0 aromatic carbocycles. The maximum absolute atomic E-state index is 12.2. The Balaban J connectivity index is 1.83. The quantitative estimate of drug-likeness (QED) is 0.757. The monoisotopic (exact) mass is 310 g/mol. The summed E-state index contributed by atoms with van der Waals surface area (Å²) in [5.41, 5.74) is 0.524. The molecule has 1 fully saturated rings. The highest BCUT2D eigenvalue weighted by atomic mass is 32.2. The first-order valence-corrected chi connectivity index (χ1v) is 9.00. The van der Waals surface area contributed by atoms with Gasteiger partial charge in [-0.25, -0.2) is 0 Å². The van der Waals surface area contributed by atoms with Crippen molar-refractivity contribution >= 4 is 17.7 Å². The molecule has 1 saturated heterocycles. The third-order valence-corrected chi connectivity index (χ3v) is 4.70. The predicted molar refractivity (Wildman–Crippen MR) is 87.9 cm³/mol. The highest BCUT2D eigenvalue weighted by Crippen LogP contribution is 2.15. The largest absolute Gasteiger partial charge is 0.348 e. The summed E-state index contributed by atoms with van der Waals surface area (Å²) >= 11 is 1.90. The standard InChI is InChI=1S/C15H26N4OS/c1-3-21-10-7-12(2)17-15(20)14-6-9-19(18-14)13-5-4-8-16-11-13/h6,9,12-13,16H,3-5,7-8,10-11H2,1-2H3,(H,17,20). The Bertz CT molecular complexity index is 443. The number of amides is 1. The molecule has 6 heteroatoms. The minimum absolute atomic E-state index is 0.0634. The molecule has 0 bridgehead atoms. The van der Waals surface area contributed by atoms with Gasteiger partial charge in [-0.15, -0.1) is 0 Å². The van der Waals surface area contributed by atoms with Gasteiger partial charge in [-0.3, -0.25) is 9.48 Å². The Morgan fingerprint density at radius 1 is 1.67 bits per heavy atom. The molecule has 0 saturated carbocycles. The number of hydrogen-bond acceptors (Lipinski definition) is 4. The SMILES string of the molecule is CCSCCC(C)NC(=O)c1ccn(C2CCCNC2)n1. The lowest BCUT2D eigenvalue weighted by atomic mass is 10.1. The molecule has 0 radical (unpaired) electrons. The molecule has 118 valence electrons. The molecule has 1 amide bonds. The lowest BCUT2D eigenvalue weighted by Crippen LogP contribution is -2.34. The van der Waals surface area contributed by atoms with Crippen LogP contribution in [0.15, 0.2) is 12.3 Å². The van der Waals surface area contributed by atoms with Crippen LogP contribution in [0.3, 0.4) is 0 Å². The van der Waals surface area contributed by atoms with Crippen LogP contribution in [0.2, 0.25) is 0 Å². The van der Waals surface area contributed by atoms with Gasteiger partial charge in [0.15, 0.2) is 0 Å². The van der Waals surface area contributed by atoms with Crippen LogP contribution >= 0.6 is 11.8 Å². The predicted octanol–water partition coefficient (Wildman–Crippen LogP) is 2.07. The van der Waals surface area contributed by atoms with Gasteiger partial charge in [-0.1, -0.05) is 6.92 Å². The van der Waals surface area contributed by atoms with E-state index in [-0.39, 0.29) is 11.9 Å². The first-order valence-electron chi connectivity index (χ1n) is 7.85. The Morgan fingerprint density at radius 2 is 2.52 bits per heavy atom. The van der Waals surface area contributed by atoms with E-state index in [0.29, 0.717) is 11.7 Å². The third kappa shape index (κ3) is 5.04. The normalized spacial score (nSPS) is 20.2. The molecule has 21 heavy (non-hydrogen) atoms. The van der Waals surface area contributed by atoms with Gasteiger partial charge < -0.3 is 10.6 Å². The Labute approximate surface area is 131 Å². The summed E-state index contributed by atoms with van der Waals surface area (Å²) in [6.07, 6.45) is 5.21. The highest BCUT2D eigenvalue weighted by molar-refractivity contribution is 7.99. The zero-order valence-corrected chi connectivity index (χ0v) is 13.8. The number of nitrogens with one attached hydrogen (secondary N) is 2. The highest BCUT2D eigenvalue weighted by Gasteiger charge is 2.18. The summed E-state index contributed by atoms with van der Waals surface area (Å²) in [5, 5.41) is 10.8. The Morgan fingerprint density at radius 3 is 3.24 bits per heavy atom. The van der Waals surface area contributed by atoms with Gasteiger partial charge in [0.25, 0.3) is 5.91 Å². The van der Waals surface area contributed by atoms with Crippen molar-refractivity contribution in [1.82, 2.24) is 20.4 Å².